The van der Waals surface area contributed by atoms with E-state index in [1.807, 2.05) is 6.92 Å². The summed E-state index contributed by atoms with van der Waals surface area (Å²) in [7, 11) is 0. The highest BCUT2D eigenvalue weighted by Crippen LogP contribution is 2.23. The van der Waals surface area contributed by atoms with E-state index < -0.39 is 5.97 Å². The number of nitrogens with one attached hydrogen (secondary N) is 1. The zero-order chi connectivity index (χ0) is 19.1. The predicted molar refractivity (Wildman–Crippen MR) is 99.7 cm³/mol. The van der Waals surface area contributed by atoms with Crippen LogP contribution in [0.5, 0.6) is 0 Å². The first kappa shape index (κ1) is 20.2. The van der Waals surface area contributed by atoms with Crippen LogP contribution in [0.15, 0.2) is 12.7 Å². The molecule has 1 amide bonds. The Balaban J connectivity index is 2.13. The smallest absolute Gasteiger partial charge is 0.355 e. The molecule has 2 heterocycles. The molecule has 1 N–H and O–H groups in total. The second-order valence-corrected chi connectivity index (χ2v) is 6.26. The number of aromatic nitrogens is 1. The fraction of sp³-hybridized carbons (Fsp3) is 0.579. The Morgan fingerprint density at radius 3 is 2.62 bits per heavy atom. The third kappa shape index (κ3) is 4.53. The van der Waals surface area contributed by atoms with Gasteiger partial charge in [-0.2, -0.15) is 0 Å². The zero-order valence-electron chi connectivity index (χ0n) is 16.0. The summed E-state index contributed by atoms with van der Waals surface area (Å²) in [6.45, 7) is 14.4. The summed E-state index contributed by atoms with van der Waals surface area (Å²) in [5.74, 6) is -0.580. The first-order valence-electron chi connectivity index (χ1n) is 9.07. The molecule has 0 saturated carbocycles. The van der Waals surface area contributed by atoms with Crippen molar-refractivity contribution in [1.82, 2.24) is 14.8 Å². The maximum atomic E-state index is 12.7. The Kier molecular flexibility index (Phi) is 7.41. The molecular formula is C19H29N3O4. The molecule has 7 nitrogen and oxygen atoms in total. The van der Waals surface area contributed by atoms with E-state index in [2.05, 4.69) is 16.8 Å². The number of morpholine rings is 1. The number of carbonyl (C=O) groups is 2. The molecule has 0 spiro atoms. The molecule has 0 bridgehead atoms. The third-order valence-electron chi connectivity index (χ3n) is 4.59. The van der Waals surface area contributed by atoms with Crippen molar-refractivity contribution in [3.63, 3.8) is 0 Å². The quantitative estimate of drug-likeness (QED) is 0.560. The van der Waals surface area contributed by atoms with E-state index in [0.29, 0.717) is 29.9 Å². The molecule has 7 heteroatoms. The van der Waals surface area contributed by atoms with Crippen LogP contribution in [0.3, 0.4) is 0 Å². The van der Waals surface area contributed by atoms with Gasteiger partial charge in [-0.25, -0.2) is 4.79 Å². The van der Waals surface area contributed by atoms with Gasteiger partial charge in [0.25, 0.3) is 5.91 Å². The molecule has 1 aliphatic rings. The summed E-state index contributed by atoms with van der Waals surface area (Å²) in [5, 5.41) is 2.97. The molecule has 1 aromatic heterocycles. The molecule has 0 radical (unpaired) electrons. The normalized spacial score (nSPS) is 14.9. The molecule has 1 saturated heterocycles. The lowest BCUT2D eigenvalue weighted by Gasteiger charge is -2.26. The van der Waals surface area contributed by atoms with E-state index in [1.54, 1.807) is 24.5 Å². The molecule has 0 aliphatic carbocycles. The number of hydrogen-bond donors (Lipinski definition) is 1. The van der Waals surface area contributed by atoms with Gasteiger partial charge >= 0.3 is 5.97 Å². The molecule has 1 aliphatic heterocycles. The minimum Gasteiger partial charge on any atom is -0.461 e. The van der Waals surface area contributed by atoms with E-state index in [9.17, 15) is 9.59 Å². The summed E-state index contributed by atoms with van der Waals surface area (Å²) in [4.78, 5) is 27.3. The topological polar surface area (TPSA) is 72.8 Å². The molecule has 1 fully saturated rings. The van der Waals surface area contributed by atoms with Crippen LogP contribution >= 0.6 is 0 Å². The van der Waals surface area contributed by atoms with Gasteiger partial charge in [0.2, 0.25) is 0 Å². The Hall–Kier alpha value is -2.12. The Morgan fingerprint density at radius 1 is 1.31 bits per heavy atom. The largest absolute Gasteiger partial charge is 0.461 e. The van der Waals surface area contributed by atoms with Crippen LogP contribution in [0.2, 0.25) is 0 Å². The molecule has 26 heavy (non-hydrogen) atoms. The molecule has 0 unspecified atom stereocenters. The monoisotopic (exact) mass is 363 g/mol. The van der Waals surface area contributed by atoms with Crippen LogP contribution < -0.4 is 5.32 Å². The number of amides is 1. The highest BCUT2D eigenvalue weighted by atomic mass is 16.5. The van der Waals surface area contributed by atoms with Gasteiger partial charge in [-0.15, -0.1) is 6.58 Å². The minimum atomic E-state index is -0.415. The zero-order valence-corrected chi connectivity index (χ0v) is 16.0. The Morgan fingerprint density at radius 2 is 2.00 bits per heavy atom. The Labute approximate surface area is 154 Å². The average Bonchev–Trinajstić information content (AvgIpc) is 2.86. The van der Waals surface area contributed by atoms with Crippen LogP contribution in [0, 0.1) is 13.8 Å². The third-order valence-corrected chi connectivity index (χ3v) is 4.59. The molecule has 0 atom stereocenters. The summed E-state index contributed by atoms with van der Waals surface area (Å²) >= 11 is 0. The van der Waals surface area contributed by atoms with Crippen LogP contribution in [-0.2, 0) is 16.0 Å². The van der Waals surface area contributed by atoms with Gasteiger partial charge in [0.05, 0.1) is 25.4 Å². The summed E-state index contributed by atoms with van der Waals surface area (Å²) in [6.07, 6.45) is 1.70. The van der Waals surface area contributed by atoms with Gasteiger partial charge in [0.1, 0.15) is 5.69 Å². The number of allylic oxidation sites excluding steroid dienone is 1. The van der Waals surface area contributed by atoms with Crippen molar-refractivity contribution in [3.05, 3.63) is 35.2 Å². The number of esters is 1. The lowest BCUT2D eigenvalue weighted by molar-refractivity contribution is 0.0383. The maximum absolute atomic E-state index is 12.7. The van der Waals surface area contributed by atoms with Gasteiger partial charge in [-0.1, -0.05) is 6.08 Å². The van der Waals surface area contributed by atoms with E-state index in [1.165, 1.54) is 0 Å². The van der Waals surface area contributed by atoms with Gasteiger partial charge in [-0.05, 0) is 26.3 Å². The second-order valence-electron chi connectivity index (χ2n) is 6.26. The first-order valence-corrected chi connectivity index (χ1v) is 9.07. The highest BCUT2D eigenvalue weighted by molar-refractivity contribution is 6.01. The molecule has 1 aromatic rings. The van der Waals surface area contributed by atoms with Crippen LogP contribution in [-0.4, -0.2) is 67.3 Å². The van der Waals surface area contributed by atoms with Crippen LogP contribution in [0.4, 0.5) is 0 Å². The van der Waals surface area contributed by atoms with Gasteiger partial charge in [0.15, 0.2) is 0 Å². The van der Waals surface area contributed by atoms with Gasteiger partial charge in [-0.3, -0.25) is 9.69 Å². The van der Waals surface area contributed by atoms with Crippen molar-refractivity contribution in [1.29, 1.82) is 0 Å². The predicted octanol–water partition coefficient (Wildman–Crippen LogP) is 1.53. The second kappa shape index (κ2) is 9.54. The van der Waals surface area contributed by atoms with Crippen molar-refractivity contribution in [2.24, 2.45) is 0 Å². The highest BCUT2D eigenvalue weighted by Gasteiger charge is 2.26. The number of hydrogen-bond acceptors (Lipinski definition) is 5. The van der Waals surface area contributed by atoms with Gasteiger partial charge < -0.3 is 19.4 Å². The Bertz CT molecular complexity index is 660. The lowest BCUT2D eigenvalue weighted by Crippen LogP contribution is -2.41. The van der Waals surface area contributed by atoms with E-state index >= 15 is 0 Å². The van der Waals surface area contributed by atoms with Crippen molar-refractivity contribution in [2.75, 3.05) is 46.0 Å². The average molecular weight is 363 g/mol. The summed E-state index contributed by atoms with van der Waals surface area (Å²) < 4.78 is 12.3. The number of rotatable bonds is 8. The molecule has 2 rings (SSSR count). The van der Waals surface area contributed by atoms with Crippen LogP contribution in [0.1, 0.15) is 39.0 Å². The molecule has 0 aromatic carbocycles. The van der Waals surface area contributed by atoms with Gasteiger partial charge in [0, 0.05) is 38.4 Å². The van der Waals surface area contributed by atoms with E-state index in [0.717, 1.165) is 38.5 Å². The summed E-state index contributed by atoms with van der Waals surface area (Å²) in [5.41, 5.74) is 2.35. The standard InChI is InChI=1S/C19H29N3O4/c1-5-8-22-15(4)16(14(3)17(22)19(24)26-6-2)18(23)20-7-9-21-10-12-25-13-11-21/h5H,1,6-13H2,2-4H3,(H,20,23). The minimum absolute atomic E-state index is 0.165. The summed E-state index contributed by atoms with van der Waals surface area (Å²) in [6, 6.07) is 0. The lowest BCUT2D eigenvalue weighted by atomic mass is 10.1. The number of nitrogens with zero attached hydrogens (tertiary/aromatic N) is 2. The fourth-order valence-corrected chi connectivity index (χ4v) is 3.29. The van der Waals surface area contributed by atoms with Crippen molar-refractivity contribution in [3.8, 4) is 0 Å². The number of carbonyl (C=O) groups excluding carboxylic acids is 2. The van der Waals surface area contributed by atoms with Crippen molar-refractivity contribution in [2.45, 2.75) is 27.3 Å². The van der Waals surface area contributed by atoms with Crippen LogP contribution in [0.25, 0.3) is 0 Å². The van der Waals surface area contributed by atoms with E-state index in [4.69, 9.17) is 9.47 Å². The molecular weight excluding hydrogens is 334 g/mol. The fourth-order valence-electron chi connectivity index (χ4n) is 3.29. The van der Waals surface area contributed by atoms with Crippen molar-refractivity contribution >= 4 is 11.9 Å². The first-order chi connectivity index (χ1) is 12.5. The maximum Gasteiger partial charge on any atom is 0.355 e. The number of ether oxygens (including phenoxy) is 2. The van der Waals surface area contributed by atoms with E-state index in [-0.39, 0.29) is 12.5 Å². The molecule has 144 valence electrons. The SMILES string of the molecule is C=CCn1c(C)c(C(=O)NCCN2CCOCC2)c(C)c1C(=O)OCC. The van der Waals surface area contributed by atoms with Crippen molar-refractivity contribution < 1.29 is 19.1 Å².